The van der Waals surface area contributed by atoms with Crippen molar-refractivity contribution in [2.24, 2.45) is 0 Å². The van der Waals surface area contributed by atoms with Crippen LogP contribution in [0.15, 0.2) is 29.2 Å². The third kappa shape index (κ3) is 5.52. The number of carbonyl (C=O) groups is 1. The van der Waals surface area contributed by atoms with Gasteiger partial charge in [-0.3, -0.25) is 4.79 Å². The Kier molecular flexibility index (Phi) is 6.59. The van der Waals surface area contributed by atoms with E-state index in [0.29, 0.717) is 18.5 Å². The largest absolute Gasteiger partial charge is 0.326 e. The highest BCUT2D eigenvalue weighted by Gasteiger charge is 2.30. The Hall–Kier alpha value is -1.45. The topological polar surface area (TPSA) is 109 Å². The number of carbonyl (C=O) groups excluding carboxylic acids is 1. The van der Waals surface area contributed by atoms with Crippen LogP contribution in [-0.4, -0.2) is 40.3 Å². The summed E-state index contributed by atoms with van der Waals surface area (Å²) in [5, 5.41) is 2.27. The van der Waals surface area contributed by atoms with Crippen LogP contribution in [0.25, 0.3) is 0 Å². The minimum Gasteiger partial charge on any atom is -0.326 e. The Morgan fingerprint density at radius 2 is 1.84 bits per heavy atom. The van der Waals surface area contributed by atoms with E-state index in [9.17, 15) is 21.6 Å². The number of benzene rings is 1. The number of hydrogen-bond donors (Lipinski definition) is 2. The molecule has 0 saturated heterocycles. The Balaban J connectivity index is 1.98. The molecule has 1 aromatic carbocycles. The summed E-state index contributed by atoms with van der Waals surface area (Å²) < 4.78 is 50.1. The smallest absolute Gasteiger partial charge is 0.225 e. The molecule has 0 atom stereocenters. The van der Waals surface area contributed by atoms with Gasteiger partial charge in [-0.1, -0.05) is 18.9 Å². The van der Waals surface area contributed by atoms with Crippen molar-refractivity contribution in [3.8, 4) is 0 Å². The molecule has 0 heterocycles. The van der Waals surface area contributed by atoms with Crippen LogP contribution in [0.1, 0.15) is 39.0 Å². The van der Waals surface area contributed by atoms with Gasteiger partial charge in [-0.05, 0) is 38.0 Å². The first-order valence-electron chi connectivity index (χ1n) is 8.36. The van der Waals surface area contributed by atoms with Gasteiger partial charge < -0.3 is 5.32 Å². The third-order valence-electron chi connectivity index (χ3n) is 4.24. The van der Waals surface area contributed by atoms with Crippen LogP contribution < -0.4 is 10.0 Å². The van der Waals surface area contributed by atoms with E-state index < -0.39 is 19.9 Å². The van der Waals surface area contributed by atoms with E-state index in [1.54, 1.807) is 18.2 Å². The van der Waals surface area contributed by atoms with Crippen molar-refractivity contribution in [3.05, 3.63) is 24.3 Å². The van der Waals surface area contributed by atoms with Crippen molar-refractivity contribution in [2.45, 2.75) is 49.2 Å². The molecule has 0 radical (unpaired) electrons. The Morgan fingerprint density at radius 1 is 1.16 bits per heavy atom. The van der Waals surface area contributed by atoms with E-state index in [2.05, 4.69) is 10.0 Å². The van der Waals surface area contributed by atoms with E-state index in [4.69, 9.17) is 0 Å². The van der Waals surface area contributed by atoms with Crippen LogP contribution in [0.2, 0.25) is 0 Å². The molecule has 0 spiro atoms. The second kappa shape index (κ2) is 8.29. The van der Waals surface area contributed by atoms with Crippen molar-refractivity contribution >= 4 is 31.5 Å². The molecule has 0 bridgehead atoms. The lowest BCUT2D eigenvalue weighted by Gasteiger charge is -2.12. The quantitative estimate of drug-likeness (QED) is 0.704. The first kappa shape index (κ1) is 19.9. The maximum absolute atomic E-state index is 12.6. The molecular weight excluding hydrogens is 364 g/mol. The van der Waals surface area contributed by atoms with Crippen molar-refractivity contribution in [1.82, 2.24) is 4.72 Å². The van der Waals surface area contributed by atoms with Crippen LogP contribution in [0.5, 0.6) is 0 Å². The fraction of sp³-hybridized carbons (Fsp3) is 0.562. The molecule has 1 aliphatic rings. The summed E-state index contributed by atoms with van der Waals surface area (Å²) in [4.78, 5) is 12.1. The van der Waals surface area contributed by atoms with Crippen LogP contribution in [0.3, 0.4) is 0 Å². The zero-order valence-electron chi connectivity index (χ0n) is 14.2. The van der Waals surface area contributed by atoms with E-state index in [0.717, 1.165) is 12.8 Å². The maximum Gasteiger partial charge on any atom is 0.225 e. The number of anilines is 1. The first-order chi connectivity index (χ1) is 11.7. The number of hydrogen-bond acceptors (Lipinski definition) is 5. The minimum atomic E-state index is -3.38. The average Bonchev–Trinajstić information content (AvgIpc) is 3.10. The summed E-state index contributed by atoms with van der Waals surface area (Å²) >= 11 is 0. The van der Waals surface area contributed by atoms with Crippen LogP contribution in [-0.2, 0) is 24.7 Å². The third-order valence-corrected chi connectivity index (χ3v) is 7.91. The van der Waals surface area contributed by atoms with E-state index >= 15 is 0 Å². The molecule has 9 heteroatoms. The summed E-state index contributed by atoms with van der Waals surface area (Å²) in [6.45, 7) is 1.51. The fourth-order valence-corrected chi connectivity index (χ4v) is 5.30. The van der Waals surface area contributed by atoms with Crippen molar-refractivity contribution in [1.29, 1.82) is 0 Å². The molecule has 0 aliphatic heterocycles. The molecule has 7 nitrogen and oxygen atoms in total. The zero-order chi connectivity index (χ0) is 18.5. The van der Waals surface area contributed by atoms with Gasteiger partial charge in [-0.25, -0.2) is 21.6 Å². The second-order valence-corrected chi connectivity index (χ2v) is 10.4. The van der Waals surface area contributed by atoms with Gasteiger partial charge in [0.1, 0.15) is 0 Å². The average molecular weight is 389 g/mol. The molecule has 0 aromatic heterocycles. The molecule has 2 N–H and O–H groups in total. The molecule has 0 unspecified atom stereocenters. The molecule has 1 fully saturated rings. The highest BCUT2D eigenvalue weighted by atomic mass is 32.2. The molecule has 1 aromatic rings. The van der Waals surface area contributed by atoms with Crippen LogP contribution in [0, 0.1) is 0 Å². The van der Waals surface area contributed by atoms with Gasteiger partial charge >= 0.3 is 0 Å². The summed E-state index contributed by atoms with van der Waals surface area (Å²) in [6, 6.07) is 6.21. The SMILES string of the molecule is CCS(=O)(=O)NCCC(=O)Nc1cccc(S(=O)(=O)C2CCCC2)c1. The van der Waals surface area contributed by atoms with Gasteiger partial charge in [0, 0.05) is 18.7 Å². The van der Waals surface area contributed by atoms with E-state index in [1.807, 2.05) is 0 Å². The molecule has 140 valence electrons. The van der Waals surface area contributed by atoms with Gasteiger partial charge in [-0.15, -0.1) is 0 Å². The Bertz CT molecular complexity index is 813. The molecule has 25 heavy (non-hydrogen) atoms. The van der Waals surface area contributed by atoms with Crippen molar-refractivity contribution < 1.29 is 21.6 Å². The molecule has 1 aliphatic carbocycles. The number of nitrogens with one attached hydrogen (secondary N) is 2. The van der Waals surface area contributed by atoms with Crippen LogP contribution >= 0.6 is 0 Å². The standard InChI is InChI=1S/C16H24N2O5S2/c1-2-24(20,21)17-11-10-16(19)18-13-6-5-9-15(12-13)25(22,23)14-7-3-4-8-14/h5-6,9,12,14,17H,2-4,7-8,10-11H2,1H3,(H,18,19). The molecule has 2 rings (SSSR count). The number of rotatable bonds is 8. The molecular formula is C16H24N2O5S2. The first-order valence-corrected chi connectivity index (χ1v) is 11.6. The van der Waals surface area contributed by atoms with Gasteiger partial charge in [-0.2, -0.15) is 0 Å². The monoisotopic (exact) mass is 388 g/mol. The van der Waals surface area contributed by atoms with Gasteiger partial charge in [0.2, 0.25) is 15.9 Å². The Labute approximate surface area is 149 Å². The van der Waals surface area contributed by atoms with Crippen LogP contribution in [0.4, 0.5) is 5.69 Å². The predicted octanol–water partition coefficient (Wildman–Crippen LogP) is 1.67. The zero-order valence-corrected chi connectivity index (χ0v) is 15.8. The lowest BCUT2D eigenvalue weighted by atomic mass is 10.3. The number of sulfone groups is 1. The van der Waals surface area contributed by atoms with E-state index in [-0.39, 0.29) is 34.8 Å². The lowest BCUT2D eigenvalue weighted by Crippen LogP contribution is -2.29. The van der Waals surface area contributed by atoms with Crippen molar-refractivity contribution in [2.75, 3.05) is 17.6 Å². The van der Waals surface area contributed by atoms with Crippen molar-refractivity contribution in [3.63, 3.8) is 0 Å². The minimum absolute atomic E-state index is 0.00205. The summed E-state index contributed by atoms with van der Waals surface area (Å²) in [5.41, 5.74) is 0.391. The molecule has 1 amide bonds. The highest BCUT2D eigenvalue weighted by molar-refractivity contribution is 7.92. The maximum atomic E-state index is 12.6. The highest BCUT2D eigenvalue weighted by Crippen LogP contribution is 2.30. The normalized spacial score (nSPS) is 16.0. The van der Waals surface area contributed by atoms with E-state index in [1.165, 1.54) is 13.0 Å². The fourth-order valence-electron chi connectivity index (χ4n) is 2.79. The number of amides is 1. The number of sulfonamides is 1. The Morgan fingerprint density at radius 3 is 2.48 bits per heavy atom. The second-order valence-electron chi connectivity index (χ2n) is 6.08. The van der Waals surface area contributed by atoms with Gasteiger partial charge in [0.25, 0.3) is 0 Å². The van der Waals surface area contributed by atoms with Gasteiger partial charge in [0.15, 0.2) is 9.84 Å². The predicted molar refractivity (Wildman–Crippen MR) is 96.6 cm³/mol. The summed E-state index contributed by atoms with van der Waals surface area (Å²) in [6.07, 6.45) is 3.17. The molecule has 1 saturated carbocycles. The summed E-state index contributed by atoms with van der Waals surface area (Å²) in [5.74, 6) is -0.426. The van der Waals surface area contributed by atoms with Gasteiger partial charge in [0.05, 0.1) is 15.9 Å². The lowest BCUT2D eigenvalue weighted by molar-refractivity contribution is -0.116. The summed E-state index contributed by atoms with van der Waals surface area (Å²) in [7, 11) is -6.71.